The van der Waals surface area contributed by atoms with E-state index >= 15 is 0 Å². The molecule has 0 spiro atoms. The van der Waals surface area contributed by atoms with Crippen LogP contribution in [-0.4, -0.2) is 49.0 Å². The molecule has 5 heteroatoms. The van der Waals surface area contributed by atoms with Crippen LogP contribution < -0.4 is 5.73 Å². The average molecular weight is 382 g/mol. The Morgan fingerprint density at radius 3 is 2.39 bits per heavy atom. The molecule has 0 radical (unpaired) electrons. The van der Waals surface area contributed by atoms with Crippen LogP contribution in [0.15, 0.2) is 0 Å². The summed E-state index contributed by atoms with van der Waals surface area (Å²) < 4.78 is 13.8. The monoisotopic (exact) mass is 383 g/mol. The molecule has 1 fully saturated rings. The molecule has 1 aliphatic carbocycles. The van der Waals surface area contributed by atoms with Crippen molar-refractivity contribution in [3.63, 3.8) is 0 Å². The maximum atomic E-state index is 6.21. The van der Waals surface area contributed by atoms with Crippen LogP contribution in [0.5, 0.6) is 0 Å². The third-order valence-electron chi connectivity index (χ3n) is 4.26. The molecule has 1 aliphatic rings. The number of thioether (sulfide) groups is 1. The van der Waals surface area contributed by atoms with Gasteiger partial charge in [-0.1, -0.05) is 0 Å². The quantitative estimate of drug-likeness (QED) is 0.688. The molecule has 0 aromatic carbocycles. The van der Waals surface area contributed by atoms with Gasteiger partial charge in [0.2, 0.25) is 0 Å². The molecule has 3 nitrogen and oxygen atoms in total. The van der Waals surface area contributed by atoms with Gasteiger partial charge < -0.3 is 0 Å². The molecule has 1 rings (SSSR count). The Labute approximate surface area is 122 Å². The van der Waals surface area contributed by atoms with Crippen molar-refractivity contribution >= 4 is 31.0 Å². The zero-order chi connectivity index (χ0) is 13.6. The van der Waals surface area contributed by atoms with Gasteiger partial charge in [0.1, 0.15) is 0 Å². The number of rotatable bonds is 7. The normalized spacial score (nSPS) is 27.2. The Morgan fingerprint density at radius 2 is 1.89 bits per heavy atom. The van der Waals surface area contributed by atoms with Gasteiger partial charge in [-0.2, -0.15) is 0 Å². The van der Waals surface area contributed by atoms with Crippen molar-refractivity contribution in [2.75, 3.05) is 23.7 Å². The standard InChI is InChI=1S/C8H16N.C3H7S.2CH3O.Sn/c1-7(9)8-5-3-2-4-6-8;1-3-4-2;2*1-2;/h5,7-8H,2-4,6,9H2,1H3;2-3H2,1H3;2*1H3;/q;;2*-1;+2. The zero-order valence-electron chi connectivity index (χ0n) is 12.3. The molecule has 18 heavy (non-hydrogen) atoms. The summed E-state index contributed by atoms with van der Waals surface area (Å²) in [6.07, 6.45) is 5.15. The summed E-state index contributed by atoms with van der Waals surface area (Å²) in [5.74, 6) is 1.74. The Morgan fingerprint density at radius 1 is 1.28 bits per heavy atom. The molecule has 0 aromatic rings. The minimum absolute atomic E-state index is 0.267. The van der Waals surface area contributed by atoms with E-state index in [1.165, 1.54) is 25.7 Å². The van der Waals surface area contributed by atoms with Gasteiger partial charge in [-0.25, -0.2) is 0 Å². The average Bonchev–Trinajstić information content (AvgIpc) is 2.41. The maximum absolute atomic E-state index is 6.21. The molecule has 108 valence electrons. The molecule has 0 heterocycles. The molecule has 0 saturated heterocycles. The summed E-state index contributed by atoms with van der Waals surface area (Å²) in [6, 6.07) is 0.267. The van der Waals surface area contributed by atoms with Crippen LogP contribution >= 0.6 is 11.8 Å². The fourth-order valence-corrected chi connectivity index (χ4v) is 19.4. The first-order valence-corrected chi connectivity index (χ1v) is 14.2. The predicted octanol–water partition coefficient (Wildman–Crippen LogP) is 2.92. The van der Waals surface area contributed by atoms with Crippen molar-refractivity contribution in [1.29, 1.82) is 0 Å². The van der Waals surface area contributed by atoms with Crippen molar-refractivity contribution in [3.8, 4) is 0 Å². The third-order valence-corrected chi connectivity index (χ3v) is 19.7. The van der Waals surface area contributed by atoms with Gasteiger partial charge in [0.15, 0.2) is 0 Å². The Bertz CT molecular complexity index is 237. The van der Waals surface area contributed by atoms with Crippen LogP contribution in [0, 0.1) is 5.92 Å². The fourth-order valence-electron chi connectivity index (χ4n) is 3.19. The van der Waals surface area contributed by atoms with Gasteiger partial charge >= 0.3 is 122 Å². The first-order valence-electron chi connectivity index (χ1n) is 7.05. The topological polar surface area (TPSA) is 44.5 Å². The van der Waals surface area contributed by atoms with E-state index in [9.17, 15) is 0 Å². The van der Waals surface area contributed by atoms with Crippen molar-refractivity contribution in [3.05, 3.63) is 0 Å². The Balaban J connectivity index is 2.86. The zero-order valence-corrected chi connectivity index (χ0v) is 15.9. The molecule has 0 aliphatic heterocycles. The second-order valence-corrected chi connectivity index (χ2v) is 18.1. The van der Waals surface area contributed by atoms with Crippen LogP contribution in [0.1, 0.15) is 39.5 Å². The Kier molecular flexibility index (Phi) is 7.92. The number of hydrogen-bond donors (Lipinski definition) is 1. The molecule has 3 unspecified atom stereocenters. The molecule has 3 atom stereocenters. The van der Waals surface area contributed by atoms with Gasteiger partial charge in [-0.05, 0) is 0 Å². The SMILES string of the molecule is CCS[CH2][Sn]([O]C)([O]C)[CH]1CCCCC1C(C)N. The van der Waals surface area contributed by atoms with Crippen LogP contribution in [0.4, 0.5) is 0 Å². The third kappa shape index (κ3) is 4.01. The van der Waals surface area contributed by atoms with E-state index in [2.05, 4.69) is 13.8 Å². The molecule has 0 amide bonds. The van der Waals surface area contributed by atoms with E-state index in [0.717, 1.165) is 9.52 Å². The number of nitrogens with two attached hydrogens (primary N) is 1. The van der Waals surface area contributed by atoms with E-state index in [-0.39, 0.29) is 6.04 Å². The second kappa shape index (κ2) is 8.35. The van der Waals surface area contributed by atoms with Crippen LogP contribution in [0.3, 0.4) is 0 Å². The van der Waals surface area contributed by atoms with E-state index in [4.69, 9.17) is 11.9 Å². The molecular weight excluding hydrogens is 353 g/mol. The molecule has 1 saturated carbocycles. The molecule has 0 bridgehead atoms. The van der Waals surface area contributed by atoms with E-state index < -0.39 is 19.2 Å². The van der Waals surface area contributed by atoms with Crippen molar-refractivity contribution in [2.45, 2.75) is 49.5 Å². The van der Waals surface area contributed by atoms with Crippen LogP contribution in [-0.2, 0) is 6.15 Å². The van der Waals surface area contributed by atoms with Gasteiger partial charge in [0, 0.05) is 0 Å². The summed E-state index contributed by atoms with van der Waals surface area (Å²) in [7, 11) is 3.73. The van der Waals surface area contributed by atoms with Crippen LogP contribution in [0.2, 0.25) is 3.93 Å². The first kappa shape index (κ1) is 17.1. The van der Waals surface area contributed by atoms with Crippen LogP contribution in [0.25, 0.3) is 0 Å². The van der Waals surface area contributed by atoms with E-state index in [1.54, 1.807) is 0 Å². The summed E-state index contributed by atoms with van der Waals surface area (Å²) in [5, 5.41) is 0. The van der Waals surface area contributed by atoms with Crippen molar-refractivity contribution < 1.29 is 6.15 Å². The minimum atomic E-state index is -2.95. The second-order valence-electron chi connectivity index (χ2n) is 5.27. The summed E-state index contributed by atoms with van der Waals surface area (Å²) in [4.78, 5) is 0. The van der Waals surface area contributed by atoms with Crippen molar-refractivity contribution in [2.24, 2.45) is 11.7 Å². The summed E-state index contributed by atoms with van der Waals surface area (Å²) >= 11 is -0.976. The van der Waals surface area contributed by atoms with Gasteiger partial charge in [0.05, 0.1) is 0 Å². The van der Waals surface area contributed by atoms with Gasteiger partial charge in [-0.3, -0.25) is 0 Å². The predicted molar refractivity (Wildman–Crippen MR) is 82.1 cm³/mol. The summed E-state index contributed by atoms with van der Waals surface area (Å²) in [6.45, 7) is 4.36. The number of hydrogen-bond acceptors (Lipinski definition) is 4. The fraction of sp³-hybridized carbons (Fsp3) is 1.00. The van der Waals surface area contributed by atoms with Gasteiger partial charge in [-0.15, -0.1) is 0 Å². The van der Waals surface area contributed by atoms with Gasteiger partial charge in [0.25, 0.3) is 0 Å². The van der Waals surface area contributed by atoms with Crippen molar-refractivity contribution in [1.82, 2.24) is 0 Å². The summed E-state index contributed by atoms with van der Waals surface area (Å²) in [5.41, 5.74) is 6.21. The molecule has 2 N–H and O–H groups in total. The molecule has 0 aromatic heterocycles. The van der Waals surface area contributed by atoms with E-state index in [0.29, 0.717) is 9.85 Å². The molecular formula is C13H29NO2SSn. The Hall–Kier alpha value is 1.03. The first-order chi connectivity index (χ1) is 8.61. The van der Waals surface area contributed by atoms with E-state index in [1.807, 2.05) is 26.0 Å².